The molecule has 0 fully saturated rings. The van der Waals surface area contributed by atoms with Gasteiger partial charge in [0.05, 0.1) is 28.3 Å². The zero-order valence-electron chi connectivity index (χ0n) is 17.9. The number of hydrogen-bond donors (Lipinski definition) is 2. The molecule has 2 aromatic heterocycles. The van der Waals surface area contributed by atoms with Gasteiger partial charge >= 0.3 is 5.97 Å². The third-order valence-electron chi connectivity index (χ3n) is 4.83. The highest BCUT2D eigenvalue weighted by Gasteiger charge is 2.25. The highest BCUT2D eigenvalue weighted by molar-refractivity contribution is 7.90. The van der Waals surface area contributed by atoms with E-state index in [0.29, 0.717) is 16.3 Å². The van der Waals surface area contributed by atoms with Crippen molar-refractivity contribution in [1.29, 1.82) is 0 Å². The van der Waals surface area contributed by atoms with Crippen LogP contribution in [0.1, 0.15) is 24.3 Å². The summed E-state index contributed by atoms with van der Waals surface area (Å²) < 4.78 is 34.9. The number of aromatic amines is 1. The number of esters is 1. The highest BCUT2D eigenvalue weighted by Crippen LogP contribution is 2.30. The van der Waals surface area contributed by atoms with Crippen LogP contribution < -0.4 is 10.7 Å². The summed E-state index contributed by atoms with van der Waals surface area (Å²) in [6, 6.07) is 7.59. The lowest BCUT2D eigenvalue weighted by molar-refractivity contribution is -0.387. The topological polar surface area (TPSA) is 174 Å². The van der Waals surface area contributed by atoms with Crippen LogP contribution in [0.15, 0.2) is 51.9 Å². The monoisotopic (exact) mass is 483 g/mol. The van der Waals surface area contributed by atoms with Gasteiger partial charge in [-0.15, -0.1) is 0 Å². The van der Waals surface area contributed by atoms with Gasteiger partial charge in [-0.05, 0) is 25.1 Å². The van der Waals surface area contributed by atoms with Crippen LogP contribution in [0.3, 0.4) is 0 Å². The molecule has 13 heteroatoms. The minimum absolute atomic E-state index is 0.104. The quantitative estimate of drug-likeness (QED) is 0.239. The van der Waals surface area contributed by atoms with E-state index in [1.807, 2.05) is 0 Å². The van der Waals surface area contributed by atoms with Gasteiger partial charge in [-0.2, -0.15) is 12.8 Å². The molecular weight excluding hydrogens is 466 g/mol. The first-order chi connectivity index (χ1) is 16.1. The lowest BCUT2D eigenvalue weighted by Gasteiger charge is -2.10. The molecule has 174 valence electrons. The summed E-state index contributed by atoms with van der Waals surface area (Å²) in [5, 5.41) is 14.7. The van der Waals surface area contributed by atoms with Crippen LogP contribution in [0, 0.1) is 10.1 Å². The fourth-order valence-electron chi connectivity index (χ4n) is 3.52. The molecule has 4 rings (SSSR count). The van der Waals surface area contributed by atoms with Crippen molar-refractivity contribution in [3.05, 3.63) is 63.8 Å². The Morgan fingerprint density at radius 3 is 2.68 bits per heavy atom. The molecule has 2 N–H and O–H groups in total. The van der Waals surface area contributed by atoms with Crippen LogP contribution in [-0.2, 0) is 19.6 Å². The Balaban J connectivity index is 2.03. The van der Waals surface area contributed by atoms with Crippen molar-refractivity contribution in [3.63, 3.8) is 0 Å². The summed E-state index contributed by atoms with van der Waals surface area (Å²) >= 11 is 0. The number of H-pyrrole nitrogens is 1. The molecule has 4 aromatic rings. The van der Waals surface area contributed by atoms with Crippen LogP contribution in [-0.4, -0.2) is 41.8 Å². The number of nitrogens with zero attached hydrogens (tertiary/aromatic N) is 3. The summed E-state index contributed by atoms with van der Waals surface area (Å²) in [5.41, 5.74) is 0.0912. The number of anilines is 1. The zero-order valence-corrected chi connectivity index (χ0v) is 18.7. The van der Waals surface area contributed by atoms with Gasteiger partial charge in [-0.3, -0.25) is 19.9 Å². The lowest BCUT2D eigenvalue weighted by Crippen LogP contribution is -2.15. The van der Waals surface area contributed by atoms with Crippen molar-refractivity contribution in [1.82, 2.24) is 9.97 Å². The Hall–Kier alpha value is -4.39. The van der Waals surface area contributed by atoms with E-state index in [0.717, 1.165) is 12.1 Å². The summed E-state index contributed by atoms with van der Waals surface area (Å²) in [6.45, 7) is 3.07. The van der Waals surface area contributed by atoms with E-state index in [1.165, 1.54) is 37.4 Å². The molecular formula is C21H17N5O7S. The van der Waals surface area contributed by atoms with Crippen molar-refractivity contribution < 1.29 is 27.7 Å². The summed E-state index contributed by atoms with van der Waals surface area (Å²) in [7, 11) is -4.53. The normalized spacial score (nSPS) is 12.2. The van der Waals surface area contributed by atoms with Crippen molar-refractivity contribution in [2.24, 2.45) is 4.40 Å². The van der Waals surface area contributed by atoms with Crippen LogP contribution in [0.25, 0.3) is 21.8 Å². The van der Waals surface area contributed by atoms with E-state index in [9.17, 15) is 28.1 Å². The number of benzene rings is 2. The number of carbonyl (C=O) groups is 2. The van der Waals surface area contributed by atoms with Crippen molar-refractivity contribution in [3.8, 4) is 0 Å². The van der Waals surface area contributed by atoms with Gasteiger partial charge in [0.1, 0.15) is 11.1 Å². The Morgan fingerprint density at radius 1 is 1.26 bits per heavy atom. The number of para-hydroxylation sites is 1. The van der Waals surface area contributed by atoms with Crippen molar-refractivity contribution >= 4 is 55.1 Å². The summed E-state index contributed by atoms with van der Waals surface area (Å²) in [5.74, 6) is -1.08. The van der Waals surface area contributed by atoms with E-state index < -0.39 is 37.4 Å². The molecule has 2 aromatic carbocycles. The SMILES string of the molecule is CCOC(=O)c1cc2cnc3/c(=N/S(=O)(=O)c4ccccc4[N+](=O)[O-])cc(NC(C)=O)c([nH]1)c23. The van der Waals surface area contributed by atoms with Gasteiger partial charge in [0.15, 0.2) is 4.90 Å². The summed E-state index contributed by atoms with van der Waals surface area (Å²) in [6.07, 6.45) is 1.42. The van der Waals surface area contributed by atoms with E-state index >= 15 is 0 Å². The molecule has 0 aliphatic heterocycles. The second-order valence-electron chi connectivity index (χ2n) is 7.13. The van der Waals surface area contributed by atoms with Gasteiger partial charge in [0.25, 0.3) is 15.7 Å². The third kappa shape index (κ3) is 4.03. The van der Waals surface area contributed by atoms with Crippen LogP contribution in [0.5, 0.6) is 0 Å². The number of ether oxygens (including phenoxy) is 1. The van der Waals surface area contributed by atoms with Crippen molar-refractivity contribution in [2.45, 2.75) is 18.7 Å². The minimum Gasteiger partial charge on any atom is -0.461 e. The highest BCUT2D eigenvalue weighted by atomic mass is 32.2. The Kier molecular flexibility index (Phi) is 5.71. The smallest absolute Gasteiger partial charge is 0.354 e. The molecule has 0 unspecified atom stereocenters. The van der Waals surface area contributed by atoms with Crippen LogP contribution >= 0.6 is 0 Å². The number of hydrogen-bond acceptors (Lipinski definition) is 8. The zero-order chi connectivity index (χ0) is 24.6. The van der Waals surface area contributed by atoms with Gasteiger partial charge in [0.2, 0.25) is 5.91 Å². The van der Waals surface area contributed by atoms with Gasteiger partial charge in [-0.25, -0.2) is 4.79 Å². The number of nitro groups is 1. The predicted octanol–water partition coefficient (Wildman–Crippen LogP) is 2.49. The molecule has 0 saturated carbocycles. The third-order valence-corrected chi connectivity index (χ3v) is 6.16. The molecule has 0 atom stereocenters. The predicted molar refractivity (Wildman–Crippen MR) is 121 cm³/mol. The van der Waals surface area contributed by atoms with E-state index in [2.05, 4.69) is 19.7 Å². The first kappa shape index (κ1) is 22.8. The van der Waals surface area contributed by atoms with Crippen LogP contribution in [0.4, 0.5) is 11.4 Å². The lowest BCUT2D eigenvalue weighted by atomic mass is 10.1. The standard InChI is InChI=1S/C21H17N5O7S/c1-3-33-21(28)15-8-12-10-22-19-14(9-13(23-11(2)27)20(24-15)18(12)19)25-34(31,32)17-7-5-4-6-16(17)26(29)30/h4-10,24H,3H2,1-2H3,(H,23,27)/b25-14+. The Morgan fingerprint density at radius 2 is 2.00 bits per heavy atom. The minimum atomic E-state index is -4.53. The number of amides is 1. The van der Waals surface area contributed by atoms with Gasteiger partial charge in [0, 0.05) is 30.0 Å². The van der Waals surface area contributed by atoms with Crippen LogP contribution in [0.2, 0.25) is 0 Å². The van der Waals surface area contributed by atoms with Gasteiger partial charge in [-0.1, -0.05) is 12.1 Å². The molecule has 1 amide bonds. The molecule has 0 aliphatic rings. The largest absolute Gasteiger partial charge is 0.461 e. The molecule has 0 bridgehead atoms. The number of pyridine rings is 1. The molecule has 2 heterocycles. The van der Waals surface area contributed by atoms with E-state index in [4.69, 9.17) is 4.74 Å². The van der Waals surface area contributed by atoms with E-state index in [-0.39, 0.29) is 28.9 Å². The molecule has 12 nitrogen and oxygen atoms in total. The molecule has 0 spiro atoms. The average molecular weight is 483 g/mol. The Labute approximate surface area is 191 Å². The second-order valence-corrected chi connectivity index (χ2v) is 8.70. The molecule has 0 aliphatic carbocycles. The number of rotatable bonds is 6. The number of aromatic nitrogens is 2. The maximum absolute atomic E-state index is 13.0. The number of sulfonamides is 1. The number of nitro benzene ring substituents is 1. The molecule has 0 radical (unpaired) electrons. The Bertz CT molecular complexity index is 1640. The average Bonchev–Trinajstić information content (AvgIpc) is 3.21. The summed E-state index contributed by atoms with van der Waals surface area (Å²) in [4.78, 5) is 41.2. The maximum atomic E-state index is 13.0. The second kappa shape index (κ2) is 8.51. The molecule has 0 saturated heterocycles. The number of carbonyl (C=O) groups excluding carboxylic acids is 2. The number of nitrogens with one attached hydrogen (secondary N) is 2. The first-order valence-corrected chi connectivity index (χ1v) is 11.3. The first-order valence-electron chi connectivity index (χ1n) is 9.89. The van der Waals surface area contributed by atoms with Crippen molar-refractivity contribution in [2.75, 3.05) is 11.9 Å². The maximum Gasteiger partial charge on any atom is 0.354 e. The molecule has 34 heavy (non-hydrogen) atoms. The fourth-order valence-corrected chi connectivity index (χ4v) is 4.67. The van der Waals surface area contributed by atoms with E-state index in [1.54, 1.807) is 6.92 Å². The fraction of sp³-hybridized carbons (Fsp3) is 0.143. The van der Waals surface area contributed by atoms with Gasteiger partial charge < -0.3 is 15.0 Å².